The molecule has 4 nitrogen and oxygen atoms in total. The molecule has 0 saturated carbocycles. The monoisotopic (exact) mass is 260 g/mol. The van der Waals surface area contributed by atoms with E-state index in [1.165, 1.54) is 18.4 Å². The van der Waals surface area contributed by atoms with Gasteiger partial charge in [-0.1, -0.05) is 11.6 Å². The van der Waals surface area contributed by atoms with Crippen LogP contribution in [0.5, 0.6) is 5.75 Å². The molecule has 1 aromatic heterocycles. The maximum Gasteiger partial charge on any atom is 0.270 e. The van der Waals surface area contributed by atoms with Crippen molar-refractivity contribution in [2.24, 2.45) is 0 Å². The van der Waals surface area contributed by atoms with E-state index in [1.54, 1.807) is 25.4 Å². The molecule has 102 valence electrons. The van der Waals surface area contributed by atoms with Crippen LogP contribution in [0.2, 0.25) is 0 Å². The van der Waals surface area contributed by atoms with Crippen molar-refractivity contribution in [1.82, 2.24) is 10.3 Å². The van der Waals surface area contributed by atoms with Crippen LogP contribution in [0.3, 0.4) is 0 Å². The molecule has 0 unspecified atom stereocenters. The predicted molar refractivity (Wildman–Crippen MR) is 74.3 cm³/mol. The average molecular weight is 260 g/mol. The van der Waals surface area contributed by atoms with E-state index in [9.17, 15) is 4.79 Å². The Kier molecular flexibility index (Phi) is 4.55. The van der Waals surface area contributed by atoms with Crippen LogP contribution in [0.15, 0.2) is 30.0 Å². The van der Waals surface area contributed by atoms with Gasteiger partial charge in [-0.2, -0.15) is 0 Å². The van der Waals surface area contributed by atoms with Gasteiger partial charge in [-0.25, -0.2) is 0 Å². The lowest BCUT2D eigenvalue weighted by atomic mass is 9.95. The first-order chi connectivity index (χ1) is 9.20. The number of nitrogens with zero attached hydrogens (tertiary/aromatic N) is 1. The second kappa shape index (κ2) is 6.36. The number of carbonyl (C=O) groups excluding carboxylic acids is 1. The van der Waals surface area contributed by atoms with Gasteiger partial charge in [0.2, 0.25) is 0 Å². The summed E-state index contributed by atoms with van der Waals surface area (Å²) in [6.07, 6.45) is 8.48. The van der Waals surface area contributed by atoms with Gasteiger partial charge >= 0.3 is 0 Å². The minimum absolute atomic E-state index is 0.0702. The summed E-state index contributed by atoms with van der Waals surface area (Å²) < 4.78 is 5.09. The third-order valence-electron chi connectivity index (χ3n) is 3.43. The van der Waals surface area contributed by atoms with Gasteiger partial charge in [0, 0.05) is 18.3 Å². The summed E-state index contributed by atoms with van der Waals surface area (Å²) in [6, 6.07) is 3.45. The molecule has 1 amide bonds. The van der Waals surface area contributed by atoms with Crippen molar-refractivity contribution >= 4 is 5.91 Å². The number of hydrogen-bond acceptors (Lipinski definition) is 3. The van der Waals surface area contributed by atoms with E-state index in [2.05, 4.69) is 16.4 Å². The Balaban J connectivity index is 2.01. The summed E-state index contributed by atoms with van der Waals surface area (Å²) >= 11 is 0. The Labute approximate surface area is 113 Å². The number of pyridine rings is 1. The van der Waals surface area contributed by atoms with E-state index in [0.29, 0.717) is 11.4 Å². The van der Waals surface area contributed by atoms with Crippen molar-refractivity contribution in [3.8, 4) is 5.75 Å². The molecule has 1 aromatic rings. The van der Waals surface area contributed by atoms with Crippen molar-refractivity contribution in [3.05, 3.63) is 35.7 Å². The normalized spacial score (nSPS) is 16.4. The zero-order chi connectivity index (χ0) is 13.7. The number of aromatic nitrogens is 1. The molecule has 1 aliphatic rings. The van der Waals surface area contributed by atoms with Crippen molar-refractivity contribution in [2.45, 2.75) is 38.6 Å². The Bertz CT molecular complexity index is 483. The van der Waals surface area contributed by atoms with Crippen LogP contribution >= 0.6 is 0 Å². The van der Waals surface area contributed by atoms with Crippen LogP contribution in [0, 0.1) is 0 Å². The molecule has 1 atom stereocenters. The Morgan fingerprint density at radius 2 is 2.32 bits per heavy atom. The van der Waals surface area contributed by atoms with Gasteiger partial charge < -0.3 is 10.1 Å². The highest BCUT2D eigenvalue weighted by Crippen LogP contribution is 2.20. The first kappa shape index (κ1) is 13.6. The van der Waals surface area contributed by atoms with Crippen LogP contribution in [0.1, 0.15) is 43.1 Å². The van der Waals surface area contributed by atoms with E-state index < -0.39 is 0 Å². The zero-order valence-corrected chi connectivity index (χ0v) is 11.5. The molecule has 0 aromatic carbocycles. The molecular weight excluding hydrogens is 240 g/mol. The number of allylic oxidation sites excluding steroid dienone is 1. The fraction of sp³-hybridized carbons (Fsp3) is 0.467. The molecule has 0 radical (unpaired) electrons. The number of rotatable bonds is 4. The molecule has 4 heteroatoms. The molecule has 0 fully saturated rings. The summed E-state index contributed by atoms with van der Waals surface area (Å²) in [4.78, 5) is 16.2. The van der Waals surface area contributed by atoms with Gasteiger partial charge in [0.1, 0.15) is 11.4 Å². The highest BCUT2D eigenvalue weighted by Gasteiger charge is 2.16. The number of methoxy groups -OCH3 is 1. The van der Waals surface area contributed by atoms with E-state index in [0.717, 1.165) is 12.8 Å². The minimum Gasteiger partial charge on any atom is -0.497 e. The summed E-state index contributed by atoms with van der Waals surface area (Å²) in [5.41, 5.74) is 1.71. The zero-order valence-electron chi connectivity index (χ0n) is 11.5. The summed E-state index contributed by atoms with van der Waals surface area (Å²) in [6.45, 7) is 2.02. The second-order valence-electron chi connectivity index (χ2n) is 4.80. The highest BCUT2D eigenvalue weighted by molar-refractivity contribution is 5.93. The maximum absolute atomic E-state index is 12.1. The van der Waals surface area contributed by atoms with Gasteiger partial charge in [0.25, 0.3) is 5.91 Å². The minimum atomic E-state index is -0.155. The fourth-order valence-electron chi connectivity index (χ4n) is 2.28. The standard InChI is InChI=1S/C15H20N2O2/c1-11(12-6-4-3-5-7-12)17-15(18)14-10-13(19-2)8-9-16-14/h6,8-11H,3-5,7H2,1-2H3,(H,17,18)/t11-/m1/s1. The molecule has 0 aliphatic heterocycles. The summed E-state index contributed by atoms with van der Waals surface area (Å²) in [5.74, 6) is 0.488. The quantitative estimate of drug-likeness (QED) is 0.847. The topological polar surface area (TPSA) is 51.2 Å². The molecule has 1 heterocycles. The maximum atomic E-state index is 12.1. The third-order valence-corrected chi connectivity index (χ3v) is 3.43. The molecule has 0 bridgehead atoms. The number of nitrogens with one attached hydrogen (secondary N) is 1. The Morgan fingerprint density at radius 3 is 3.00 bits per heavy atom. The molecular formula is C15H20N2O2. The van der Waals surface area contributed by atoms with Crippen LogP contribution in [0.25, 0.3) is 0 Å². The number of hydrogen-bond donors (Lipinski definition) is 1. The van der Waals surface area contributed by atoms with Gasteiger partial charge in [0.15, 0.2) is 0 Å². The SMILES string of the molecule is COc1ccnc(C(=O)N[C@H](C)C2=CCCCC2)c1. The van der Waals surface area contributed by atoms with Crippen LogP contribution < -0.4 is 10.1 Å². The molecule has 0 spiro atoms. The predicted octanol–water partition coefficient (Wildman–Crippen LogP) is 2.71. The Morgan fingerprint density at radius 1 is 1.47 bits per heavy atom. The first-order valence-electron chi connectivity index (χ1n) is 6.70. The second-order valence-corrected chi connectivity index (χ2v) is 4.80. The lowest BCUT2D eigenvalue weighted by Gasteiger charge is -2.20. The van der Waals surface area contributed by atoms with Gasteiger partial charge in [0.05, 0.1) is 7.11 Å². The first-order valence-corrected chi connectivity index (χ1v) is 6.70. The van der Waals surface area contributed by atoms with Crippen LogP contribution in [-0.2, 0) is 0 Å². The van der Waals surface area contributed by atoms with Gasteiger partial charge in [-0.3, -0.25) is 9.78 Å². The summed E-state index contributed by atoms with van der Waals surface area (Å²) in [5, 5.41) is 2.99. The number of carbonyl (C=O) groups is 1. The van der Waals surface area contributed by atoms with Crippen molar-refractivity contribution in [3.63, 3.8) is 0 Å². The van der Waals surface area contributed by atoms with Crippen molar-refractivity contribution in [2.75, 3.05) is 7.11 Å². The van der Waals surface area contributed by atoms with Crippen molar-refractivity contribution in [1.29, 1.82) is 0 Å². The smallest absolute Gasteiger partial charge is 0.270 e. The lowest BCUT2D eigenvalue weighted by molar-refractivity contribution is 0.0939. The number of amides is 1. The average Bonchev–Trinajstić information content (AvgIpc) is 2.48. The van der Waals surface area contributed by atoms with E-state index >= 15 is 0 Å². The van der Waals surface area contributed by atoms with Crippen molar-refractivity contribution < 1.29 is 9.53 Å². The lowest BCUT2D eigenvalue weighted by Crippen LogP contribution is -2.34. The van der Waals surface area contributed by atoms with E-state index in [4.69, 9.17) is 4.74 Å². The third kappa shape index (κ3) is 3.56. The molecule has 1 aliphatic carbocycles. The molecule has 2 rings (SSSR count). The summed E-state index contributed by atoms with van der Waals surface area (Å²) in [7, 11) is 1.58. The van der Waals surface area contributed by atoms with Crippen LogP contribution in [-0.4, -0.2) is 24.0 Å². The largest absolute Gasteiger partial charge is 0.497 e. The molecule has 1 N–H and O–H groups in total. The van der Waals surface area contributed by atoms with Gasteiger partial charge in [-0.05, 0) is 38.7 Å². The highest BCUT2D eigenvalue weighted by atomic mass is 16.5. The molecule has 0 saturated heterocycles. The van der Waals surface area contributed by atoms with E-state index in [1.807, 2.05) is 6.92 Å². The Hall–Kier alpha value is -1.84. The number of ether oxygens (including phenoxy) is 1. The van der Waals surface area contributed by atoms with Crippen LogP contribution in [0.4, 0.5) is 0 Å². The van der Waals surface area contributed by atoms with E-state index in [-0.39, 0.29) is 11.9 Å². The fourth-order valence-corrected chi connectivity index (χ4v) is 2.28. The van der Waals surface area contributed by atoms with Gasteiger partial charge in [-0.15, -0.1) is 0 Å². The molecule has 19 heavy (non-hydrogen) atoms.